The van der Waals surface area contributed by atoms with Crippen LogP contribution in [0.2, 0.25) is 0 Å². The van der Waals surface area contributed by atoms with E-state index in [1.54, 1.807) is 0 Å². The molecule has 0 spiro atoms. The van der Waals surface area contributed by atoms with Crippen LogP contribution in [0.3, 0.4) is 0 Å². The van der Waals surface area contributed by atoms with Crippen molar-refractivity contribution in [3.05, 3.63) is 30.5 Å². The first-order chi connectivity index (χ1) is 14.3. The van der Waals surface area contributed by atoms with Gasteiger partial charge in [-0.25, -0.2) is 9.97 Å². The number of morpholine rings is 1. The maximum Gasteiger partial charge on any atom is 0.227 e. The van der Waals surface area contributed by atoms with E-state index in [9.17, 15) is 0 Å². The lowest BCUT2D eigenvalue weighted by Crippen LogP contribution is -2.43. The highest BCUT2D eigenvalue weighted by molar-refractivity contribution is 5.64. The average molecular weight is 395 g/mol. The van der Waals surface area contributed by atoms with Crippen LogP contribution in [-0.4, -0.2) is 75.0 Å². The molecule has 0 saturated carbocycles. The van der Waals surface area contributed by atoms with Crippen LogP contribution in [0.15, 0.2) is 24.7 Å². The van der Waals surface area contributed by atoms with Gasteiger partial charge in [0, 0.05) is 50.8 Å². The molecular formula is C19H25N9O. The Labute approximate surface area is 168 Å². The largest absolute Gasteiger partial charge is 0.378 e. The number of nitrogens with one attached hydrogen (secondary N) is 1. The van der Waals surface area contributed by atoms with Gasteiger partial charge in [-0.2, -0.15) is 4.98 Å². The van der Waals surface area contributed by atoms with E-state index in [0.717, 1.165) is 81.3 Å². The molecule has 29 heavy (non-hydrogen) atoms. The van der Waals surface area contributed by atoms with Gasteiger partial charge in [-0.15, -0.1) is 10.2 Å². The Kier molecular flexibility index (Phi) is 4.84. The predicted molar refractivity (Wildman–Crippen MR) is 109 cm³/mol. The molecule has 3 aromatic heterocycles. The molecule has 0 amide bonds. The Bertz CT molecular complexity index is 985. The first-order valence-corrected chi connectivity index (χ1v) is 10.1. The van der Waals surface area contributed by atoms with E-state index in [0.29, 0.717) is 0 Å². The third kappa shape index (κ3) is 3.67. The van der Waals surface area contributed by atoms with Crippen molar-refractivity contribution in [2.24, 2.45) is 0 Å². The monoisotopic (exact) mass is 395 g/mol. The normalized spacial score (nSPS) is 20.2. The fourth-order valence-electron chi connectivity index (χ4n) is 3.99. The van der Waals surface area contributed by atoms with Crippen molar-refractivity contribution in [2.75, 3.05) is 54.5 Å². The molecule has 3 aromatic rings. The molecular weight excluding hydrogens is 370 g/mol. The van der Waals surface area contributed by atoms with Crippen LogP contribution in [0.25, 0.3) is 5.65 Å². The summed E-state index contributed by atoms with van der Waals surface area (Å²) < 4.78 is 7.41. The Morgan fingerprint density at radius 3 is 2.86 bits per heavy atom. The van der Waals surface area contributed by atoms with Crippen molar-refractivity contribution in [1.82, 2.24) is 29.5 Å². The molecule has 5 heterocycles. The minimum Gasteiger partial charge on any atom is -0.378 e. The zero-order chi connectivity index (χ0) is 19.6. The summed E-state index contributed by atoms with van der Waals surface area (Å²) in [6.07, 6.45) is 7.70. The Balaban J connectivity index is 1.31. The smallest absolute Gasteiger partial charge is 0.227 e. The van der Waals surface area contributed by atoms with E-state index < -0.39 is 0 Å². The van der Waals surface area contributed by atoms with Crippen LogP contribution in [0.4, 0.5) is 17.6 Å². The number of fused-ring (bicyclic) bond motifs is 1. The van der Waals surface area contributed by atoms with Crippen LogP contribution < -0.4 is 15.1 Å². The molecule has 2 saturated heterocycles. The second kappa shape index (κ2) is 7.78. The standard InChI is InChI=1S/C19H25N9O/c1-14-24-25-18-17(20-6-8-28(14)18)27-7-2-3-15(13-27)22-16-4-5-21-19(23-16)26-9-11-29-12-10-26/h4-6,8,15H,2-3,7,9-13H2,1H3,(H,21,22,23). The van der Waals surface area contributed by atoms with Crippen molar-refractivity contribution >= 4 is 23.2 Å². The van der Waals surface area contributed by atoms with Gasteiger partial charge in [0.15, 0.2) is 5.82 Å². The van der Waals surface area contributed by atoms with Gasteiger partial charge in [-0.1, -0.05) is 0 Å². The minimum atomic E-state index is 0.280. The molecule has 0 aromatic carbocycles. The molecule has 1 N–H and O–H groups in total. The molecule has 1 unspecified atom stereocenters. The quantitative estimate of drug-likeness (QED) is 0.697. The Hall–Kier alpha value is -3.01. The molecule has 0 aliphatic carbocycles. The SMILES string of the molecule is Cc1nnc2c(N3CCCC(Nc4ccnc(N5CCOCC5)n4)C3)nccn12. The molecule has 2 aliphatic rings. The van der Waals surface area contributed by atoms with Gasteiger partial charge >= 0.3 is 0 Å². The number of anilines is 3. The molecule has 10 heteroatoms. The zero-order valence-corrected chi connectivity index (χ0v) is 16.5. The third-order valence-electron chi connectivity index (χ3n) is 5.49. The average Bonchev–Trinajstić information content (AvgIpc) is 3.16. The summed E-state index contributed by atoms with van der Waals surface area (Å²) in [5, 5.41) is 12.1. The molecule has 5 rings (SSSR count). The summed E-state index contributed by atoms with van der Waals surface area (Å²) in [6, 6.07) is 2.21. The van der Waals surface area contributed by atoms with E-state index in [-0.39, 0.29) is 6.04 Å². The lowest BCUT2D eigenvalue weighted by Gasteiger charge is -2.34. The second-order valence-electron chi connectivity index (χ2n) is 7.46. The highest BCUT2D eigenvalue weighted by atomic mass is 16.5. The first kappa shape index (κ1) is 18.0. The van der Waals surface area contributed by atoms with Crippen molar-refractivity contribution in [1.29, 1.82) is 0 Å². The fraction of sp³-hybridized carbons (Fsp3) is 0.526. The summed E-state index contributed by atoms with van der Waals surface area (Å²) in [4.78, 5) is 18.2. The van der Waals surface area contributed by atoms with Crippen LogP contribution in [0, 0.1) is 6.92 Å². The second-order valence-corrected chi connectivity index (χ2v) is 7.46. The summed E-state index contributed by atoms with van der Waals surface area (Å²) in [7, 11) is 0. The van der Waals surface area contributed by atoms with E-state index in [4.69, 9.17) is 9.72 Å². The molecule has 2 fully saturated rings. The molecule has 10 nitrogen and oxygen atoms in total. The van der Waals surface area contributed by atoms with Crippen molar-refractivity contribution < 1.29 is 4.74 Å². The van der Waals surface area contributed by atoms with Gasteiger partial charge in [0.05, 0.1) is 13.2 Å². The van der Waals surface area contributed by atoms with Crippen molar-refractivity contribution in [3.8, 4) is 0 Å². The fourth-order valence-corrected chi connectivity index (χ4v) is 3.99. The van der Waals surface area contributed by atoms with Crippen LogP contribution >= 0.6 is 0 Å². The minimum absolute atomic E-state index is 0.280. The van der Waals surface area contributed by atoms with Gasteiger partial charge in [0.1, 0.15) is 11.6 Å². The number of rotatable bonds is 4. The van der Waals surface area contributed by atoms with Gasteiger partial charge in [-0.3, -0.25) is 4.40 Å². The summed E-state index contributed by atoms with van der Waals surface area (Å²) in [5.41, 5.74) is 0.808. The number of aromatic nitrogens is 6. The molecule has 0 radical (unpaired) electrons. The van der Waals surface area contributed by atoms with E-state index in [2.05, 4.69) is 35.3 Å². The van der Waals surface area contributed by atoms with Crippen molar-refractivity contribution in [3.63, 3.8) is 0 Å². The highest BCUT2D eigenvalue weighted by Crippen LogP contribution is 2.23. The first-order valence-electron chi connectivity index (χ1n) is 10.1. The molecule has 0 bridgehead atoms. The van der Waals surface area contributed by atoms with Gasteiger partial charge < -0.3 is 19.9 Å². The summed E-state index contributed by atoms with van der Waals surface area (Å²) >= 11 is 0. The van der Waals surface area contributed by atoms with Gasteiger partial charge in [0.2, 0.25) is 11.6 Å². The van der Waals surface area contributed by atoms with Crippen LogP contribution in [0.1, 0.15) is 18.7 Å². The predicted octanol–water partition coefficient (Wildman–Crippen LogP) is 1.14. The van der Waals surface area contributed by atoms with Crippen molar-refractivity contribution in [2.45, 2.75) is 25.8 Å². The van der Waals surface area contributed by atoms with Crippen LogP contribution in [-0.2, 0) is 4.74 Å². The van der Waals surface area contributed by atoms with Crippen LogP contribution in [0.5, 0.6) is 0 Å². The molecule has 1 atom stereocenters. The van der Waals surface area contributed by atoms with Gasteiger partial charge in [-0.05, 0) is 25.8 Å². The topological polar surface area (TPSA) is 96.6 Å². The lowest BCUT2D eigenvalue weighted by atomic mass is 10.1. The summed E-state index contributed by atoms with van der Waals surface area (Å²) in [5.74, 6) is 3.37. The Morgan fingerprint density at radius 1 is 1.07 bits per heavy atom. The van der Waals surface area contributed by atoms with E-state index in [1.807, 2.05) is 36.0 Å². The number of aryl methyl sites for hydroxylation is 1. The number of ether oxygens (including phenoxy) is 1. The Morgan fingerprint density at radius 2 is 1.97 bits per heavy atom. The number of piperidine rings is 1. The number of hydrogen-bond donors (Lipinski definition) is 1. The van der Waals surface area contributed by atoms with E-state index >= 15 is 0 Å². The number of nitrogens with zero attached hydrogens (tertiary/aromatic N) is 8. The summed E-state index contributed by atoms with van der Waals surface area (Å²) in [6.45, 7) is 6.85. The molecule has 2 aliphatic heterocycles. The molecule has 152 valence electrons. The zero-order valence-electron chi connectivity index (χ0n) is 16.5. The van der Waals surface area contributed by atoms with E-state index in [1.165, 1.54) is 0 Å². The third-order valence-corrected chi connectivity index (χ3v) is 5.49. The van der Waals surface area contributed by atoms with Gasteiger partial charge in [0.25, 0.3) is 0 Å². The maximum atomic E-state index is 5.42. The highest BCUT2D eigenvalue weighted by Gasteiger charge is 2.24. The number of hydrogen-bond acceptors (Lipinski definition) is 9. The lowest BCUT2D eigenvalue weighted by molar-refractivity contribution is 0.122. The maximum absolute atomic E-state index is 5.42.